The van der Waals surface area contributed by atoms with Gasteiger partial charge in [-0.15, -0.1) is 0 Å². The Balaban J connectivity index is 2.41. The van der Waals surface area contributed by atoms with Gasteiger partial charge in [-0.3, -0.25) is 0 Å². The Morgan fingerprint density at radius 1 is 1.50 bits per heavy atom. The molecule has 0 aromatic carbocycles. The highest BCUT2D eigenvalue weighted by molar-refractivity contribution is 9.10. The second-order valence-electron chi connectivity index (χ2n) is 2.83. The molecule has 0 aliphatic heterocycles. The average Bonchev–Trinajstić information content (AvgIpc) is 2.65. The van der Waals surface area contributed by atoms with E-state index in [1.165, 1.54) is 0 Å². The van der Waals surface area contributed by atoms with Crippen molar-refractivity contribution in [3.05, 3.63) is 40.8 Å². The Morgan fingerprint density at radius 3 is 3.00 bits per heavy atom. The number of pyridine rings is 1. The molecule has 0 saturated carbocycles. The minimum atomic E-state index is 0.512. The Hall–Kier alpha value is -1.20. The van der Waals surface area contributed by atoms with E-state index in [2.05, 4.69) is 26.0 Å². The monoisotopic (exact) mass is 252 g/mol. The molecule has 0 aliphatic rings. The van der Waals surface area contributed by atoms with Gasteiger partial charge in [0.25, 0.3) is 0 Å². The van der Waals surface area contributed by atoms with Crippen LogP contribution in [-0.2, 0) is 6.54 Å². The second kappa shape index (κ2) is 3.89. The number of hydrogen-bond acceptors (Lipinski definition) is 3. The van der Waals surface area contributed by atoms with E-state index >= 15 is 0 Å². The molecular formula is C9H9BrN4. The van der Waals surface area contributed by atoms with Crippen molar-refractivity contribution >= 4 is 15.9 Å². The van der Waals surface area contributed by atoms with Crippen molar-refractivity contribution in [3.63, 3.8) is 0 Å². The zero-order chi connectivity index (χ0) is 9.97. The lowest BCUT2D eigenvalue weighted by Crippen LogP contribution is -2.01. The lowest BCUT2D eigenvalue weighted by Gasteiger charge is -2.01. The van der Waals surface area contributed by atoms with Crippen LogP contribution in [0.3, 0.4) is 0 Å². The van der Waals surface area contributed by atoms with E-state index in [4.69, 9.17) is 5.73 Å². The van der Waals surface area contributed by atoms with Crippen LogP contribution in [0.5, 0.6) is 0 Å². The van der Waals surface area contributed by atoms with Gasteiger partial charge in [-0.1, -0.05) is 0 Å². The molecule has 5 heteroatoms. The van der Waals surface area contributed by atoms with Gasteiger partial charge in [-0.2, -0.15) is 5.10 Å². The molecule has 0 radical (unpaired) electrons. The van der Waals surface area contributed by atoms with E-state index in [1.807, 2.05) is 18.3 Å². The maximum atomic E-state index is 5.54. The number of nitrogens with two attached hydrogens (primary N) is 1. The van der Waals surface area contributed by atoms with E-state index in [0.717, 1.165) is 15.9 Å². The molecule has 2 N–H and O–H groups in total. The van der Waals surface area contributed by atoms with Crippen molar-refractivity contribution in [2.75, 3.05) is 0 Å². The predicted molar refractivity (Wildman–Crippen MR) is 57.0 cm³/mol. The minimum Gasteiger partial charge on any atom is -0.326 e. The second-order valence-corrected chi connectivity index (χ2v) is 3.75. The van der Waals surface area contributed by atoms with Gasteiger partial charge in [0.15, 0.2) is 5.82 Å². The van der Waals surface area contributed by atoms with Gasteiger partial charge in [0, 0.05) is 18.9 Å². The fourth-order valence-electron chi connectivity index (χ4n) is 1.14. The topological polar surface area (TPSA) is 56.7 Å². The molecule has 72 valence electrons. The fourth-order valence-corrected chi connectivity index (χ4v) is 1.42. The Morgan fingerprint density at radius 2 is 2.36 bits per heavy atom. The van der Waals surface area contributed by atoms with Crippen molar-refractivity contribution in [1.29, 1.82) is 0 Å². The summed E-state index contributed by atoms with van der Waals surface area (Å²) in [6, 6.07) is 3.81. The molecule has 0 saturated heterocycles. The molecule has 0 amide bonds. The summed E-state index contributed by atoms with van der Waals surface area (Å²) in [6.07, 6.45) is 5.30. The fraction of sp³-hybridized carbons (Fsp3) is 0.111. The lowest BCUT2D eigenvalue weighted by atomic mass is 10.2. The molecule has 0 bridgehead atoms. The van der Waals surface area contributed by atoms with Gasteiger partial charge in [-0.05, 0) is 33.6 Å². The molecule has 2 aromatic heterocycles. The normalized spacial score (nSPS) is 10.4. The average molecular weight is 253 g/mol. The number of rotatable bonds is 2. The molecule has 0 unspecified atom stereocenters. The molecule has 2 heterocycles. The van der Waals surface area contributed by atoms with Crippen molar-refractivity contribution in [2.45, 2.75) is 6.54 Å². The third-order valence-electron chi connectivity index (χ3n) is 1.83. The van der Waals surface area contributed by atoms with Gasteiger partial charge in [0.05, 0.1) is 10.7 Å². The summed E-state index contributed by atoms with van der Waals surface area (Å²) < 4.78 is 2.63. The number of aromatic nitrogens is 3. The summed E-state index contributed by atoms with van der Waals surface area (Å²) >= 11 is 3.33. The van der Waals surface area contributed by atoms with Gasteiger partial charge in [0.2, 0.25) is 0 Å². The maximum Gasteiger partial charge on any atom is 0.153 e. The first kappa shape index (κ1) is 9.36. The predicted octanol–water partition coefficient (Wildman–Crippen LogP) is 1.49. The first-order chi connectivity index (χ1) is 6.79. The van der Waals surface area contributed by atoms with Gasteiger partial charge in [0.1, 0.15) is 0 Å². The maximum absolute atomic E-state index is 5.54. The zero-order valence-electron chi connectivity index (χ0n) is 7.39. The SMILES string of the molecule is NCc1ccnc(-n2cc(Br)cn2)c1. The number of halogens is 1. The van der Waals surface area contributed by atoms with E-state index in [1.54, 1.807) is 17.1 Å². The number of hydrogen-bond donors (Lipinski definition) is 1. The third-order valence-corrected chi connectivity index (χ3v) is 2.24. The van der Waals surface area contributed by atoms with Crippen LogP contribution in [0.4, 0.5) is 0 Å². The Bertz CT molecular complexity index is 438. The van der Waals surface area contributed by atoms with Crippen LogP contribution in [0, 0.1) is 0 Å². The van der Waals surface area contributed by atoms with E-state index in [0.29, 0.717) is 6.54 Å². The Labute approximate surface area is 89.9 Å². The summed E-state index contributed by atoms with van der Waals surface area (Å²) in [7, 11) is 0. The summed E-state index contributed by atoms with van der Waals surface area (Å²) in [5.41, 5.74) is 6.58. The number of nitrogens with zero attached hydrogens (tertiary/aromatic N) is 3. The smallest absolute Gasteiger partial charge is 0.153 e. The van der Waals surface area contributed by atoms with Crippen molar-refractivity contribution < 1.29 is 0 Å². The summed E-state index contributed by atoms with van der Waals surface area (Å²) in [5.74, 6) is 0.777. The molecule has 4 nitrogen and oxygen atoms in total. The third kappa shape index (κ3) is 1.83. The minimum absolute atomic E-state index is 0.512. The summed E-state index contributed by atoms with van der Waals surface area (Å²) in [5, 5.41) is 4.13. The van der Waals surface area contributed by atoms with Gasteiger partial charge >= 0.3 is 0 Å². The standard InChI is InChI=1S/C9H9BrN4/c10-8-5-13-14(6-8)9-3-7(4-11)1-2-12-9/h1-3,5-6H,4,11H2. The molecule has 0 aliphatic carbocycles. The van der Waals surface area contributed by atoms with E-state index < -0.39 is 0 Å². The van der Waals surface area contributed by atoms with Crippen LogP contribution in [-0.4, -0.2) is 14.8 Å². The summed E-state index contributed by atoms with van der Waals surface area (Å²) in [6.45, 7) is 0.512. The van der Waals surface area contributed by atoms with Crippen molar-refractivity contribution in [3.8, 4) is 5.82 Å². The highest BCUT2D eigenvalue weighted by atomic mass is 79.9. The van der Waals surface area contributed by atoms with E-state index in [9.17, 15) is 0 Å². The highest BCUT2D eigenvalue weighted by Gasteiger charge is 2.00. The first-order valence-corrected chi connectivity index (χ1v) is 4.94. The molecule has 0 spiro atoms. The summed E-state index contributed by atoms with van der Waals surface area (Å²) in [4.78, 5) is 4.20. The van der Waals surface area contributed by atoms with E-state index in [-0.39, 0.29) is 0 Å². The first-order valence-electron chi connectivity index (χ1n) is 4.15. The zero-order valence-corrected chi connectivity index (χ0v) is 8.98. The van der Waals surface area contributed by atoms with Crippen molar-refractivity contribution in [1.82, 2.24) is 14.8 Å². The largest absolute Gasteiger partial charge is 0.326 e. The molecular weight excluding hydrogens is 244 g/mol. The molecule has 0 atom stereocenters. The molecule has 14 heavy (non-hydrogen) atoms. The van der Waals surface area contributed by atoms with Crippen LogP contribution in [0.1, 0.15) is 5.56 Å². The van der Waals surface area contributed by atoms with Crippen LogP contribution in [0.2, 0.25) is 0 Å². The molecule has 0 fully saturated rings. The lowest BCUT2D eigenvalue weighted by molar-refractivity contribution is 0.841. The van der Waals surface area contributed by atoms with Crippen LogP contribution < -0.4 is 5.73 Å². The molecule has 2 aromatic rings. The van der Waals surface area contributed by atoms with Crippen LogP contribution in [0.15, 0.2) is 35.2 Å². The van der Waals surface area contributed by atoms with Gasteiger partial charge < -0.3 is 5.73 Å². The van der Waals surface area contributed by atoms with Gasteiger partial charge in [-0.25, -0.2) is 9.67 Å². The quantitative estimate of drug-likeness (QED) is 0.882. The molecule has 2 rings (SSSR count). The van der Waals surface area contributed by atoms with Crippen molar-refractivity contribution in [2.24, 2.45) is 5.73 Å². The highest BCUT2D eigenvalue weighted by Crippen LogP contribution is 2.11. The Kier molecular flexibility index (Phi) is 2.60. The van der Waals surface area contributed by atoms with Crippen LogP contribution in [0.25, 0.3) is 5.82 Å². The van der Waals surface area contributed by atoms with Crippen LogP contribution >= 0.6 is 15.9 Å².